The second-order valence-corrected chi connectivity index (χ2v) is 7.32. The zero-order valence-electron chi connectivity index (χ0n) is 15.3. The zero-order chi connectivity index (χ0) is 20.5. The van der Waals surface area contributed by atoms with Gasteiger partial charge in [0.05, 0.1) is 16.2 Å². The third kappa shape index (κ3) is 3.98. The van der Waals surface area contributed by atoms with Crippen molar-refractivity contribution in [2.45, 2.75) is 19.5 Å². The van der Waals surface area contributed by atoms with Gasteiger partial charge in [-0.25, -0.2) is 4.98 Å². The fraction of sp³-hybridized carbons (Fsp3) is 0.200. The van der Waals surface area contributed by atoms with Crippen LogP contribution in [0.25, 0.3) is 11.4 Å². The molecule has 0 fully saturated rings. The van der Waals surface area contributed by atoms with E-state index in [1.54, 1.807) is 30.3 Å². The Morgan fingerprint density at radius 1 is 1.24 bits per heavy atom. The summed E-state index contributed by atoms with van der Waals surface area (Å²) in [7, 11) is 0. The van der Waals surface area contributed by atoms with E-state index in [4.69, 9.17) is 11.6 Å². The molecule has 1 aliphatic heterocycles. The topological polar surface area (TPSA) is 112 Å². The Kier molecular flexibility index (Phi) is 5.04. The summed E-state index contributed by atoms with van der Waals surface area (Å²) < 4.78 is 0. The number of aromatic hydroxyl groups is 1. The lowest BCUT2D eigenvalue weighted by Crippen LogP contribution is -2.35. The van der Waals surface area contributed by atoms with E-state index in [-0.39, 0.29) is 17.0 Å². The first-order chi connectivity index (χ1) is 13.9. The van der Waals surface area contributed by atoms with Crippen LogP contribution in [0.4, 0.5) is 5.69 Å². The van der Waals surface area contributed by atoms with Gasteiger partial charge in [0.15, 0.2) is 5.75 Å². The zero-order valence-corrected chi connectivity index (χ0v) is 16.0. The minimum Gasteiger partial charge on any atom is -0.502 e. The number of hydrogen-bond acceptors (Lipinski definition) is 6. The number of H-pyrrole nitrogens is 1. The second-order valence-electron chi connectivity index (χ2n) is 6.89. The normalized spacial score (nSPS) is 13.8. The second kappa shape index (κ2) is 7.65. The molecular weight excluding hydrogens is 396 g/mol. The van der Waals surface area contributed by atoms with E-state index in [2.05, 4.69) is 9.97 Å². The molecule has 0 atom stereocenters. The van der Waals surface area contributed by atoms with E-state index in [0.717, 1.165) is 11.3 Å². The number of fused-ring (bicyclic) bond motifs is 1. The van der Waals surface area contributed by atoms with Crippen LogP contribution < -0.4 is 5.56 Å². The van der Waals surface area contributed by atoms with Crippen molar-refractivity contribution in [2.24, 2.45) is 0 Å². The summed E-state index contributed by atoms with van der Waals surface area (Å²) in [5.41, 5.74) is 2.32. The van der Waals surface area contributed by atoms with Crippen LogP contribution in [0.15, 0.2) is 47.3 Å². The van der Waals surface area contributed by atoms with Gasteiger partial charge in [0, 0.05) is 42.7 Å². The smallest absolute Gasteiger partial charge is 0.311 e. The van der Waals surface area contributed by atoms with Gasteiger partial charge in [-0.3, -0.25) is 19.8 Å². The number of nitrogens with one attached hydrogen (secondary N) is 1. The molecular formula is C20H17ClN4O4. The van der Waals surface area contributed by atoms with Crippen LogP contribution in [0.5, 0.6) is 5.75 Å². The number of benzene rings is 2. The van der Waals surface area contributed by atoms with Crippen LogP contribution in [0.1, 0.15) is 16.8 Å². The molecule has 8 nitrogen and oxygen atoms in total. The van der Waals surface area contributed by atoms with Crippen molar-refractivity contribution < 1.29 is 10.0 Å². The van der Waals surface area contributed by atoms with E-state index >= 15 is 0 Å². The Balaban J connectivity index is 1.56. The van der Waals surface area contributed by atoms with Gasteiger partial charge in [-0.15, -0.1) is 0 Å². The van der Waals surface area contributed by atoms with Crippen LogP contribution in [0.3, 0.4) is 0 Å². The number of nitro benzene ring substituents is 1. The van der Waals surface area contributed by atoms with Gasteiger partial charge in [0.2, 0.25) is 0 Å². The molecule has 0 radical (unpaired) electrons. The van der Waals surface area contributed by atoms with Crippen molar-refractivity contribution in [3.63, 3.8) is 0 Å². The van der Waals surface area contributed by atoms with Crippen molar-refractivity contribution in [3.8, 4) is 17.1 Å². The first kappa shape index (κ1) is 19.1. The SMILES string of the molecule is O=c1[nH]c(-c2ccc(Cl)cc2)nc2c1CN(Cc1ccc(O)c([N+](=O)[O-])c1)CC2. The Morgan fingerprint density at radius 2 is 2.00 bits per heavy atom. The largest absolute Gasteiger partial charge is 0.502 e. The van der Waals surface area contributed by atoms with Crippen molar-refractivity contribution >= 4 is 17.3 Å². The molecule has 0 unspecified atom stereocenters. The molecule has 0 saturated heterocycles. The van der Waals surface area contributed by atoms with Gasteiger partial charge in [-0.2, -0.15) is 0 Å². The van der Waals surface area contributed by atoms with Gasteiger partial charge in [-0.1, -0.05) is 17.7 Å². The number of phenols is 1. The minimum atomic E-state index is -0.614. The molecule has 0 bridgehead atoms. The quantitative estimate of drug-likeness (QED) is 0.502. The van der Waals surface area contributed by atoms with E-state index in [9.17, 15) is 20.0 Å². The Labute approximate surface area is 170 Å². The monoisotopic (exact) mass is 412 g/mol. The fourth-order valence-electron chi connectivity index (χ4n) is 3.43. The van der Waals surface area contributed by atoms with Gasteiger partial charge in [0.1, 0.15) is 5.82 Å². The third-order valence-corrected chi connectivity index (χ3v) is 5.16. The molecule has 9 heteroatoms. The van der Waals surface area contributed by atoms with Crippen molar-refractivity contribution in [1.29, 1.82) is 0 Å². The number of hydrogen-bond donors (Lipinski definition) is 2. The number of nitrogens with zero attached hydrogens (tertiary/aromatic N) is 3. The number of rotatable bonds is 4. The molecule has 0 aliphatic carbocycles. The Hall–Kier alpha value is -3.23. The molecule has 4 rings (SSSR count). The van der Waals surface area contributed by atoms with Crippen LogP contribution in [-0.2, 0) is 19.5 Å². The maximum absolute atomic E-state index is 12.6. The molecule has 1 aliphatic rings. The highest BCUT2D eigenvalue weighted by atomic mass is 35.5. The van der Waals surface area contributed by atoms with Gasteiger partial charge in [0.25, 0.3) is 5.56 Å². The third-order valence-electron chi connectivity index (χ3n) is 4.91. The average molecular weight is 413 g/mol. The predicted octanol–water partition coefficient (Wildman–Crippen LogP) is 3.26. The number of nitro groups is 1. The average Bonchev–Trinajstić information content (AvgIpc) is 2.70. The van der Waals surface area contributed by atoms with Gasteiger partial charge in [-0.05, 0) is 35.9 Å². The minimum absolute atomic E-state index is 0.193. The lowest BCUT2D eigenvalue weighted by molar-refractivity contribution is -0.385. The number of phenolic OH excluding ortho intramolecular Hbond substituents is 1. The predicted molar refractivity (Wildman–Crippen MR) is 108 cm³/mol. The van der Waals surface area contributed by atoms with E-state index in [0.29, 0.717) is 48.0 Å². The summed E-state index contributed by atoms with van der Waals surface area (Å²) >= 11 is 5.91. The Morgan fingerprint density at radius 3 is 2.72 bits per heavy atom. The molecule has 2 aromatic carbocycles. The van der Waals surface area contributed by atoms with Crippen LogP contribution in [0, 0.1) is 10.1 Å². The number of aromatic amines is 1. The summed E-state index contributed by atoms with van der Waals surface area (Å²) in [5, 5.41) is 21.2. The fourth-order valence-corrected chi connectivity index (χ4v) is 3.56. The summed E-state index contributed by atoms with van der Waals surface area (Å²) in [5.74, 6) is 0.145. The molecule has 0 spiro atoms. The van der Waals surface area contributed by atoms with E-state index < -0.39 is 4.92 Å². The standard InChI is InChI=1S/C20H17ClN4O4/c21-14-4-2-13(3-5-14)19-22-16-7-8-24(11-15(16)20(27)23-19)10-12-1-6-18(26)17(9-12)25(28)29/h1-6,9,26H,7-8,10-11H2,(H,22,23,27). The van der Waals surface area contributed by atoms with E-state index in [1.807, 2.05) is 4.90 Å². The number of halogens is 1. The molecule has 0 amide bonds. The van der Waals surface area contributed by atoms with Crippen molar-refractivity contribution in [2.75, 3.05) is 6.54 Å². The molecule has 0 saturated carbocycles. The summed E-state index contributed by atoms with van der Waals surface area (Å²) in [4.78, 5) is 32.5. The summed E-state index contributed by atoms with van der Waals surface area (Å²) in [6.07, 6.45) is 0.597. The van der Waals surface area contributed by atoms with Gasteiger partial charge < -0.3 is 10.1 Å². The molecule has 3 aromatic rings. The van der Waals surface area contributed by atoms with E-state index in [1.165, 1.54) is 12.1 Å². The molecule has 29 heavy (non-hydrogen) atoms. The van der Waals surface area contributed by atoms with Crippen LogP contribution in [0.2, 0.25) is 5.02 Å². The van der Waals surface area contributed by atoms with Crippen LogP contribution >= 0.6 is 11.6 Å². The highest BCUT2D eigenvalue weighted by molar-refractivity contribution is 6.30. The van der Waals surface area contributed by atoms with Crippen LogP contribution in [-0.4, -0.2) is 31.4 Å². The highest BCUT2D eigenvalue weighted by Gasteiger charge is 2.22. The molecule has 2 N–H and O–H groups in total. The maximum Gasteiger partial charge on any atom is 0.311 e. The first-order valence-corrected chi connectivity index (χ1v) is 9.35. The lowest BCUT2D eigenvalue weighted by Gasteiger charge is -2.27. The maximum atomic E-state index is 12.6. The molecule has 148 valence electrons. The number of aromatic nitrogens is 2. The molecule has 2 heterocycles. The highest BCUT2D eigenvalue weighted by Crippen LogP contribution is 2.28. The molecule has 1 aromatic heterocycles. The van der Waals surface area contributed by atoms with Crippen molar-refractivity contribution in [3.05, 3.63) is 84.8 Å². The van der Waals surface area contributed by atoms with Gasteiger partial charge >= 0.3 is 5.69 Å². The summed E-state index contributed by atoms with van der Waals surface area (Å²) in [6.45, 7) is 1.49. The summed E-state index contributed by atoms with van der Waals surface area (Å²) in [6, 6.07) is 11.4. The van der Waals surface area contributed by atoms with Crippen molar-refractivity contribution in [1.82, 2.24) is 14.9 Å². The lowest BCUT2D eigenvalue weighted by atomic mass is 10.0. The first-order valence-electron chi connectivity index (χ1n) is 8.97. The Bertz CT molecular complexity index is 1140.